The highest BCUT2D eigenvalue weighted by Gasteiger charge is 2.30. The first-order valence-electron chi connectivity index (χ1n) is 10.6. The van der Waals surface area contributed by atoms with Gasteiger partial charge in [0.25, 0.3) is 0 Å². The molecule has 0 amide bonds. The third-order valence-electron chi connectivity index (χ3n) is 5.65. The van der Waals surface area contributed by atoms with E-state index in [0.717, 1.165) is 11.3 Å². The van der Waals surface area contributed by atoms with E-state index in [1.165, 1.54) is 6.07 Å². The number of rotatable bonds is 5. The average Bonchev–Trinajstić information content (AvgIpc) is 3.28. The maximum Gasteiger partial charge on any atom is 0.231 e. The largest absolute Gasteiger partial charge is 0.504 e. The number of nitrogens with zero attached hydrogens (tertiary/aromatic N) is 1. The summed E-state index contributed by atoms with van der Waals surface area (Å²) >= 11 is 0. The van der Waals surface area contributed by atoms with Crippen molar-refractivity contribution in [3.05, 3.63) is 83.2 Å². The number of aliphatic imine (C=N–C) groups is 1. The number of hydrogen-bond donors (Lipinski definition) is 2. The summed E-state index contributed by atoms with van der Waals surface area (Å²) in [7, 11) is 0. The molecule has 0 fully saturated rings. The number of phenols is 1. The van der Waals surface area contributed by atoms with Gasteiger partial charge in [0, 0.05) is 29.3 Å². The van der Waals surface area contributed by atoms with Gasteiger partial charge in [0.1, 0.15) is 12.0 Å². The second-order valence-electron chi connectivity index (χ2n) is 7.62. The molecule has 164 valence electrons. The van der Waals surface area contributed by atoms with Crippen LogP contribution in [-0.2, 0) is 0 Å². The zero-order chi connectivity index (χ0) is 22.1. The second-order valence-corrected chi connectivity index (χ2v) is 7.62. The van der Waals surface area contributed by atoms with Gasteiger partial charge in [-0.1, -0.05) is 30.3 Å². The molecule has 0 saturated carbocycles. The van der Waals surface area contributed by atoms with Crippen LogP contribution in [0.2, 0.25) is 0 Å². The van der Waals surface area contributed by atoms with E-state index in [9.17, 15) is 9.50 Å². The summed E-state index contributed by atoms with van der Waals surface area (Å²) in [6.45, 7) is 2.49. The number of para-hydroxylation sites is 1. The van der Waals surface area contributed by atoms with E-state index >= 15 is 0 Å². The van der Waals surface area contributed by atoms with E-state index in [1.807, 2.05) is 37.3 Å². The van der Waals surface area contributed by atoms with Crippen LogP contribution in [0.25, 0.3) is 0 Å². The van der Waals surface area contributed by atoms with Crippen LogP contribution in [0.4, 0.5) is 4.39 Å². The van der Waals surface area contributed by atoms with E-state index in [0.29, 0.717) is 41.4 Å². The molecule has 5 rings (SSSR count). The molecule has 6 nitrogen and oxygen atoms in total. The molecule has 2 N–H and O–H groups in total. The van der Waals surface area contributed by atoms with Crippen molar-refractivity contribution in [2.45, 2.75) is 25.6 Å². The van der Waals surface area contributed by atoms with E-state index in [1.54, 1.807) is 24.3 Å². The van der Waals surface area contributed by atoms with Crippen LogP contribution in [0.3, 0.4) is 0 Å². The van der Waals surface area contributed by atoms with Crippen LogP contribution < -0.4 is 19.5 Å². The van der Waals surface area contributed by atoms with Gasteiger partial charge in [-0.3, -0.25) is 10.3 Å². The molecule has 0 saturated heterocycles. The Morgan fingerprint density at radius 3 is 2.72 bits per heavy atom. The number of hydrogen-bond acceptors (Lipinski definition) is 6. The number of aromatic hydroxyl groups is 1. The van der Waals surface area contributed by atoms with Crippen molar-refractivity contribution < 1.29 is 23.7 Å². The van der Waals surface area contributed by atoms with Crippen LogP contribution in [0, 0.1) is 5.82 Å². The van der Waals surface area contributed by atoms with E-state index in [2.05, 4.69) is 5.32 Å². The first kappa shape index (κ1) is 20.3. The predicted octanol–water partition coefficient (Wildman–Crippen LogP) is 4.88. The maximum atomic E-state index is 14.6. The summed E-state index contributed by atoms with van der Waals surface area (Å²) in [5.41, 5.74) is 2.75. The minimum absolute atomic E-state index is 0.0751. The first-order valence-corrected chi connectivity index (χ1v) is 10.6. The molecule has 2 heterocycles. The number of benzene rings is 3. The van der Waals surface area contributed by atoms with Crippen LogP contribution in [0.5, 0.6) is 23.0 Å². The lowest BCUT2D eigenvalue weighted by molar-refractivity contribution is 0.174. The smallest absolute Gasteiger partial charge is 0.231 e. The lowest BCUT2D eigenvalue weighted by Crippen LogP contribution is -2.33. The van der Waals surface area contributed by atoms with Gasteiger partial charge in [-0.15, -0.1) is 0 Å². The fourth-order valence-electron chi connectivity index (χ4n) is 4.11. The Bertz CT molecular complexity index is 1180. The Morgan fingerprint density at radius 1 is 1.06 bits per heavy atom. The zero-order valence-corrected chi connectivity index (χ0v) is 17.5. The summed E-state index contributed by atoms with van der Waals surface area (Å²) in [4.78, 5) is 4.83. The number of phenolic OH excluding ortho intramolecular Hbond substituents is 1. The molecule has 0 spiro atoms. The number of fused-ring (bicyclic) bond motifs is 1. The summed E-state index contributed by atoms with van der Waals surface area (Å²) in [6, 6.07) is 17.3. The van der Waals surface area contributed by atoms with Gasteiger partial charge < -0.3 is 19.3 Å². The van der Waals surface area contributed by atoms with Gasteiger partial charge in [-0.05, 0) is 42.8 Å². The summed E-state index contributed by atoms with van der Waals surface area (Å²) in [5, 5.41) is 14.2. The van der Waals surface area contributed by atoms with Crippen LogP contribution >= 0.6 is 0 Å². The number of ether oxygens (including phenoxy) is 3. The predicted molar refractivity (Wildman–Crippen MR) is 118 cm³/mol. The minimum atomic E-state index is -0.620. The van der Waals surface area contributed by atoms with Gasteiger partial charge in [0.2, 0.25) is 6.79 Å². The highest BCUT2D eigenvalue weighted by Crippen LogP contribution is 2.40. The van der Waals surface area contributed by atoms with Crippen molar-refractivity contribution >= 4 is 5.71 Å². The Morgan fingerprint density at radius 2 is 1.88 bits per heavy atom. The van der Waals surface area contributed by atoms with Crippen LogP contribution in [0.1, 0.15) is 42.2 Å². The van der Waals surface area contributed by atoms with Gasteiger partial charge in [0.05, 0.1) is 6.61 Å². The third-order valence-corrected chi connectivity index (χ3v) is 5.65. The molecular formula is C25H23FN2O4. The summed E-state index contributed by atoms with van der Waals surface area (Å²) in [6.07, 6.45) is -0.126. The zero-order valence-electron chi connectivity index (χ0n) is 17.5. The monoisotopic (exact) mass is 434 g/mol. The summed E-state index contributed by atoms with van der Waals surface area (Å²) in [5.74, 6) is 1.50. The number of nitrogens with one attached hydrogen (secondary N) is 1. The highest BCUT2D eigenvalue weighted by molar-refractivity contribution is 6.02. The molecule has 3 aromatic rings. The average molecular weight is 434 g/mol. The molecule has 0 aromatic heterocycles. The van der Waals surface area contributed by atoms with E-state index in [-0.39, 0.29) is 24.4 Å². The summed E-state index contributed by atoms with van der Waals surface area (Å²) < 4.78 is 31.1. The van der Waals surface area contributed by atoms with Gasteiger partial charge in [0.15, 0.2) is 23.0 Å². The quantitative estimate of drug-likeness (QED) is 0.599. The van der Waals surface area contributed by atoms with Crippen molar-refractivity contribution in [3.8, 4) is 23.0 Å². The third kappa shape index (κ3) is 3.76. The standard InChI is InChI=1S/C25H23FN2O4/c1-2-30-22-9-5-7-17(24(22)29)20-13-19(15-10-11-21-23(12-15)32-14-31-21)27-25(28-20)16-6-3-4-8-18(16)26/h3-12,20,25,28-29H,2,13-14H2,1H3/t20-,25-/m1/s1. The Balaban J connectivity index is 1.57. The van der Waals surface area contributed by atoms with Crippen LogP contribution in [-0.4, -0.2) is 24.2 Å². The topological polar surface area (TPSA) is 72.3 Å². The van der Waals surface area contributed by atoms with Crippen LogP contribution in [0.15, 0.2) is 65.7 Å². The molecule has 0 bridgehead atoms. The molecule has 32 heavy (non-hydrogen) atoms. The molecule has 0 aliphatic carbocycles. The van der Waals surface area contributed by atoms with Crippen molar-refractivity contribution in [3.63, 3.8) is 0 Å². The fourth-order valence-corrected chi connectivity index (χ4v) is 4.11. The van der Waals surface area contributed by atoms with Gasteiger partial charge in [-0.2, -0.15) is 0 Å². The molecule has 0 unspecified atom stereocenters. The SMILES string of the molecule is CCOc1cccc([C@H]2CC(c3ccc4c(c3)OCO4)=N[C@@H](c3ccccc3F)N2)c1O. The highest BCUT2D eigenvalue weighted by atomic mass is 19.1. The molecule has 2 aliphatic heterocycles. The van der Waals surface area contributed by atoms with Crippen molar-refractivity contribution in [1.82, 2.24) is 5.32 Å². The fraction of sp³-hybridized carbons (Fsp3) is 0.240. The molecule has 2 atom stereocenters. The maximum absolute atomic E-state index is 14.6. The van der Waals surface area contributed by atoms with E-state index in [4.69, 9.17) is 19.2 Å². The molecule has 3 aromatic carbocycles. The molecule has 7 heteroatoms. The normalized spacial score (nSPS) is 19.5. The minimum Gasteiger partial charge on any atom is -0.504 e. The second kappa shape index (κ2) is 8.51. The van der Waals surface area contributed by atoms with Gasteiger partial charge in [-0.25, -0.2) is 4.39 Å². The Hall–Kier alpha value is -3.58. The lowest BCUT2D eigenvalue weighted by Gasteiger charge is -2.31. The molecule has 2 aliphatic rings. The number of halogens is 1. The molecular weight excluding hydrogens is 411 g/mol. The van der Waals surface area contributed by atoms with Gasteiger partial charge >= 0.3 is 0 Å². The first-order chi connectivity index (χ1) is 15.6. The lowest BCUT2D eigenvalue weighted by atomic mass is 9.93. The Labute approximate surface area is 185 Å². The molecule has 0 radical (unpaired) electrons. The van der Waals surface area contributed by atoms with Crippen molar-refractivity contribution in [2.24, 2.45) is 4.99 Å². The van der Waals surface area contributed by atoms with Crippen molar-refractivity contribution in [2.75, 3.05) is 13.4 Å². The van der Waals surface area contributed by atoms with E-state index < -0.39 is 6.17 Å². The Kier molecular flexibility index (Phi) is 5.41. The van der Waals surface area contributed by atoms with Crippen molar-refractivity contribution in [1.29, 1.82) is 0 Å².